The van der Waals surface area contributed by atoms with Crippen molar-refractivity contribution in [1.82, 2.24) is 9.80 Å². The molecule has 2 aliphatic rings. The maximum absolute atomic E-state index is 11.9. The van der Waals surface area contributed by atoms with Crippen LogP contribution in [0.15, 0.2) is 0 Å². The van der Waals surface area contributed by atoms with Gasteiger partial charge in [-0.3, -0.25) is 4.79 Å². The van der Waals surface area contributed by atoms with Crippen molar-refractivity contribution in [3.05, 3.63) is 0 Å². The molecule has 0 N–H and O–H groups in total. The molecule has 2 rings (SSSR count). The van der Waals surface area contributed by atoms with Gasteiger partial charge in [-0.15, -0.1) is 0 Å². The summed E-state index contributed by atoms with van der Waals surface area (Å²) in [5.41, 5.74) is -0.422. The number of amides is 2. The monoisotopic (exact) mass is 282 g/mol. The lowest BCUT2D eigenvalue weighted by Crippen LogP contribution is -2.55. The minimum absolute atomic E-state index is 0.174. The highest BCUT2D eigenvalue weighted by atomic mass is 16.6. The van der Waals surface area contributed by atoms with E-state index in [1.54, 1.807) is 11.8 Å². The Balaban J connectivity index is 1.72. The van der Waals surface area contributed by atoms with Gasteiger partial charge in [-0.25, -0.2) is 4.79 Å². The summed E-state index contributed by atoms with van der Waals surface area (Å²) >= 11 is 0. The Bertz CT molecular complexity index is 375. The summed E-state index contributed by atoms with van der Waals surface area (Å²) in [5.74, 6) is 1.40. The molecule has 0 aromatic rings. The largest absolute Gasteiger partial charge is 0.444 e. The lowest BCUT2D eigenvalue weighted by molar-refractivity contribution is -0.130. The van der Waals surface area contributed by atoms with Crippen LogP contribution in [0.5, 0.6) is 0 Å². The first kappa shape index (κ1) is 15.1. The third-order valence-electron chi connectivity index (χ3n) is 4.21. The first-order valence-corrected chi connectivity index (χ1v) is 7.49. The molecule has 5 heteroatoms. The molecule has 0 bridgehead atoms. The molecule has 0 aromatic carbocycles. The van der Waals surface area contributed by atoms with Crippen molar-refractivity contribution in [3.63, 3.8) is 0 Å². The highest BCUT2D eigenvalue weighted by molar-refractivity contribution is 5.73. The molecular weight excluding hydrogens is 256 g/mol. The molecule has 0 atom stereocenters. The van der Waals surface area contributed by atoms with Crippen LogP contribution in [0, 0.1) is 11.8 Å². The van der Waals surface area contributed by atoms with Gasteiger partial charge >= 0.3 is 6.09 Å². The van der Waals surface area contributed by atoms with Gasteiger partial charge in [-0.1, -0.05) is 0 Å². The Morgan fingerprint density at radius 1 is 1.00 bits per heavy atom. The van der Waals surface area contributed by atoms with E-state index >= 15 is 0 Å². The molecule has 0 spiro atoms. The Labute approximate surface area is 121 Å². The molecule has 0 saturated carbocycles. The summed E-state index contributed by atoms with van der Waals surface area (Å²) in [6.45, 7) is 10.6. The van der Waals surface area contributed by atoms with E-state index in [2.05, 4.69) is 0 Å². The van der Waals surface area contributed by atoms with Crippen molar-refractivity contribution in [3.8, 4) is 0 Å². The number of rotatable bonds is 1. The Hall–Kier alpha value is -1.26. The van der Waals surface area contributed by atoms with E-state index in [1.807, 2.05) is 25.7 Å². The summed E-state index contributed by atoms with van der Waals surface area (Å²) in [5, 5.41) is 0. The van der Waals surface area contributed by atoms with Crippen molar-refractivity contribution in [1.29, 1.82) is 0 Å². The fourth-order valence-electron chi connectivity index (χ4n) is 2.97. The number of nitrogens with zero attached hydrogens (tertiary/aromatic N) is 2. The van der Waals surface area contributed by atoms with E-state index in [-0.39, 0.29) is 12.0 Å². The maximum atomic E-state index is 11.9. The zero-order valence-electron chi connectivity index (χ0n) is 13.0. The molecule has 5 nitrogen and oxygen atoms in total. The van der Waals surface area contributed by atoms with Crippen LogP contribution in [0.1, 0.15) is 40.5 Å². The average Bonchev–Trinajstić information content (AvgIpc) is 2.25. The number of hydrogen-bond acceptors (Lipinski definition) is 3. The topological polar surface area (TPSA) is 49.9 Å². The molecule has 0 aliphatic carbocycles. The minimum Gasteiger partial charge on any atom is -0.444 e. The zero-order valence-corrected chi connectivity index (χ0v) is 13.0. The van der Waals surface area contributed by atoms with Crippen LogP contribution in [-0.4, -0.2) is 53.6 Å². The van der Waals surface area contributed by atoms with Crippen molar-refractivity contribution in [2.45, 2.75) is 46.1 Å². The summed E-state index contributed by atoms with van der Waals surface area (Å²) < 4.78 is 5.36. The average molecular weight is 282 g/mol. The fraction of sp³-hybridized carbons (Fsp3) is 0.867. The summed E-state index contributed by atoms with van der Waals surface area (Å²) in [6.07, 6.45) is 1.92. The van der Waals surface area contributed by atoms with E-state index in [9.17, 15) is 9.59 Å². The van der Waals surface area contributed by atoms with Crippen LogP contribution >= 0.6 is 0 Å². The van der Waals surface area contributed by atoms with E-state index in [1.165, 1.54) is 0 Å². The Kier molecular flexibility index (Phi) is 4.25. The fourth-order valence-corrected chi connectivity index (χ4v) is 2.97. The van der Waals surface area contributed by atoms with Crippen LogP contribution in [0.25, 0.3) is 0 Å². The summed E-state index contributed by atoms with van der Waals surface area (Å²) in [4.78, 5) is 26.9. The molecule has 2 saturated heterocycles. The predicted molar refractivity (Wildman–Crippen MR) is 76.3 cm³/mol. The number of piperidine rings is 1. The second-order valence-corrected chi connectivity index (χ2v) is 6.99. The lowest BCUT2D eigenvalue weighted by atomic mass is 9.80. The van der Waals surface area contributed by atoms with Crippen molar-refractivity contribution in [2.75, 3.05) is 26.2 Å². The molecule has 2 amide bonds. The molecule has 2 aliphatic heterocycles. The number of likely N-dealkylation sites (tertiary alicyclic amines) is 2. The van der Waals surface area contributed by atoms with Gasteiger partial charge in [0.25, 0.3) is 0 Å². The van der Waals surface area contributed by atoms with Gasteiger partial charge in [0, 0.05) is 33.1 Å². The van der Waals surface area contributed by atoms with Gasteiger partial charge in [0.05, 0.1) is 0 Å². The van der Waals surface area contributed by atoms with Gasteiger partial charge in [0.1, 0.15) is 5.60 Å². The van der Waals surface area contributed by atoms with Crippen LogP contribution in [-0.2, 0) is 9.53 Å². The predicted octanol–water partition coefficient (Wildman–Crippen LogP) is 2.11. The number of ether oxygens (including phenoxy) is 1. The quantitative estimate of drug-likeness (QED) is 0.740. The molecule has 0 aromatic heterocycles. The van der Waals surface area contributed by atoms with Gasteiger partial charge in [0.2, 0.25) is 5.91 Å². The zero-order chi connectivity index (χ0) is 14.9. The number of hydrogen-bond donors (Lipinski definition) is 0. The van der Waals surface area contributed by atoms with Crippen LogP contribution in [0.3, 0.4) is 0 Å². The molecule has 114 valence electrons. The van der Waals surface area contributed by atoms with E-state index in [0.717, 1.165) is 39.0 Å². The second kappa shape index (κ2) is 5.62. The lowest BCUT2D eigenvalue weighted by Gasteiger charge is -2.45. The van der Waals surface area contributed by atoms with E-state index < -0.39 is 5.60 Å². The van der Waals surface area contributed by atoms with E-state index in [4.69, 9.17) is 4.74 Å². The number of carbonyl (C=O) groups is 2. The Morgan fingerprint density at radius 2 is 1.55 bits per heavy atom. The van der Waals surface area contributed by atoms with E-state index in [0.29, 0.717) is 11.8 Å². The maximum Gasteiger partial charge on any atom is 0.410 e. The SMILES string of the molecule is CC(=O)N1CCC(C2CN(C(=O)OC(C)(C)C)C2)CC1. The highest BCUT2D eigenvalue weighted by Gasteiger charge is 2.39. The summed E-state index contributed by atoms with van der Waals surface area (Å²) in [7, 11) is 0. The first-order chi connectivity index (χ1) is 9.26. The van der Waals surface area contributed by atoms with Crippen molar-refractivity contribution in [2.24, 2.45) is 11.8 Å². The molecule has 20 heavy (non-hydrogen) atoms. The normalized spacial score (nSPS) is 21.6. The van der Waals surface area contributed by atoms with Crippen molar-refractivity contribution >= 4 is 12.0 Å². The molecule has 2 heterocycles. The standard InChI is InChI=1S/C15H26N2O3/c1-11(18)16-7-5-12(6-8-16)13-9-17(10-13)14(19)20-15(2,3)4/h12-13H,5-10H2,1-4H3. The molecule has 0 unspecified atom stereocenters. The Morgan fingerprint density at radius 3 is 2.00 bits per heavy atom. The van der Waals surface area contributed by atoms with Gasteiger partial charge in [0.15, 0.2) is 0 Å². The van der Waals surface area contributed by atoms with Gasteiger partial charge < -0.3 is 14.5 Å². The smallest absolute Gasteiger partial charge is 0.410 e. The third kappa shape index (κ3) is 3.64. The van der Waals surface area contributed by atoms with Crippen molar-refractivity contribution < 1.29 is 14.3 Å². The van der Waals surface area contributed by atoms with Crippen LogP contribution < -0.4 is 0 Å². The second-order valence-electron chi connectivity index (χ2n) is 6.99. The molecular formula is C15H26N2O3. The third-order valence-corrected chi connectivity index (χ3v) is 4.21. The van der Waals surface area contributed by atoms with Crippen LogP contribution in [0.4, 0.5) is 4.79 Å². The van der Waals surface area contributed by atoms with Gasteiger partial charge in [-0.2, -0.15) is 0 Å². The summed E-state index contributed by atoms with van der Waals surface area (Å²) in [6, 6.07) is 0. The van der Waals surface area contributed by atoms with Gasteiger partial charge in [-0.05, 0) is 45.4 Å². The highest BCUT2D eigenvalue weighted by Crippen LogP contribution is 2.32. The molecule has 0 radical (unpaired) electrons. The van der Waals surface area contributed by atoms with Crippen LogP contribution in [0.2, 0.25) is 0 Å². The number of carbonyl (C=O) groups excluding carboxylic acids is 2. The minimum atomic E-state index is -0.422. The molecule has 2 fully saturated rings. The first-order valence-electron chi connectivity index (χ1n) is 7.49.